The van der Waals surface area contributed by atoms with Crippen molar-refractivity contribution in [3.63, 3.8) is 0 Å². The molecule has 5 atom stereocenters. The van der Waals surface area contributed by atoms with E-state index in [1.165, 1.54) is 36.0 Å². The van der Waals surface area contributed by atoms with E-state index in [0.29, 0.717) is 43.5 Å². The molecule has 18 heteroatoms. The fourth-order valence-electron chi connectivity index (χ4n) is 9.58. The third-order valence-electron chi connectivity index (χ3n) is 13.1. The number of phenols is 1. The maximum Gasteiger partial charge on any atom is 0.325 e. The summed E-state index contributed by atoms with van der Waals surface area (Å²) >= 11 is 0. The van der Waals surface area contributed by atoms with E-state index in [1.54, 1.807) is 39.3 Å². The van der Waals surface area contributed by atoms with E-state index in [4.69, 9.17) is 14.2 Å². The summed E-state index contributed by atoms with van der Waals surface area (Å²) in [7, 11) is 5.78. The minimum Gasteiger partial charge on any atom is -0.508 e. The molecule has 68 heavy (non-hydrogen) atoms. The number of hydrazine groups is 1. The van der Waals surface area contributed by atoms with Gasteiger partial charge in [-0.2, -0.15) is 0 Å². The maximum atomic E-state index is 14.7. The van der Waals surface area contributed by atoms with Gasteiger partial charge in [-0.25, -0.2) is 5.43 Å². The van der Waals surface area contributed by atoms with Crippen LogP contribution in [0.5, 0.6) is 5.75 Å². The number of benzene rings is 2. The molecule has 4 amide bonds. The summed E-state index contributed by atoms with van der Waals surface area (Å²) in [5.74, 6) is -3.74. The van der Waals surface area contributed by atoms with Crippen LogP contribution in [0.3, 0.4) is 0 Å². The maximum absolute atomic E-state index is 14.7. The topological polar surface area (TPSA) is 224 Å². The molecule has 4 N–H and O–H groups in total. The molecule has 0 radical (unpaired) electrons. The molecule has 5 heterocycles. The zero-order valence-electron chi connectivity index (χ0n) is 40.4. The first-order valence-corrected chi connectivity index (χ1v) is 23.2. The monoisotopic (exact) mass is 936 g/mol. The third kappa shape index (κ3) is 10.5. The molecule has 6 bridgehead atoms. The lowest BCUT2D eigenvalue weighted by Gasteiger charge is -2.37. The highest BCUT2D eigenvalue weighted by Gasteiger charge is 2.50. The van der Waals surface area contributed by atoms with Crippen molar-refractivity contribution in [1.29, 1.82) is 0 Å². The minimum atomic E-state index is -1.22. The molecule has 2 fully saturated rings. The molecule has 2 aromatic heterocycles. The molecular weight excluding hydrogens is 873 g/mol. The summed E-state index contributed by atoms with van der Waals surface area (Å²) in [6, 6.07) is 8.46. The summed E-state index contributed by atoms with van der Waals surface area (Å²) in [6.07, 6.45) is 4.97. The molecule has 0 spiro atoms. The van der Waals surface area contributed by atoms with Crippen LogP contribution in [0.2, 0.25) is 0 Å². The number of nitrogens with one attached hydrogen (secondary N) is 3. The van der Waals surface area contributed by atoms with Crippen molar-refractivity contribution in [2.24, 2.45) is 11.3 Å². The van der Waals surface area contributed by atoms with E-state index in [-0.39, 0.29) is 31.9 Å². The highest BCUT2D eigenvalue weighted by atomic mass is 16.5. The molecule has 0 saturated carbocycles. The number of nitrogens with zero attached hydrogens (tertiary/aromatic N) is 5. The van der Waals surface area contributed by atoms with Gasteiger partial charge in [0.15, 0.2) is 0 Å². The average molecular weight is 937 g/mol. The Labute approximate surface area is 396 Å². The SMILES string of the molecule is CCn1c(-c2cnccc2COC)c2c3cc(ccc31)-c1cc(O)cc(c1)C[C@H](NC(=O)[C@H](C(C)C)N(C)C(=O)CN(C)C(=O)[C@@H]1N[C@H]1C(=O)OC)C(=O)N1CCC[C@H](N1)C(=O)OCC(C)(C)C2. The van der Waals surface area contributed by atoms with Gasteiger partial charge < -0.3 is 39.0 Å². The number of carbonyl (C=O) groups excluding carboxylic acids is 6. The van der Waals surface area contributed by atoms with Crippen molar-refractivity contribution in [3.8, 4) is 28.1 Å². The number of ether oxygens (including phenoxy) is 3. The molecule has 2 aromatic carbocycles. The lowest BCUT2D eigenvalue weighted by molar-refractivity contribution is -0.155. The first kappa shape index (κ1) is 49.5. The minimum absolute atomic E-state index is 0.0421. The van der Waals surface area contributed by atoms with Crippen LogP contribution in [0.25, 0.3) is 33.3 Å². The lowest BCUT2D eigenvalue weighted by atomic mass is 9.84. The summed E-state index contributed by atoms with van der Waals surface area (Å²) in [5, 5.41) is 19.3. The van der Waals surface area contributed by atoms with E-state index < -0.39 is 77.1 Å². The lowest BCUT2D eigenvalue weighted by Crippen LogP contribution is -2.62. The fraction of sp³-hybridized carbons (Fsp3) is 0.500. The number of phenolic OH excluding ortho intramolecular Hbond substituents is 1. The largest absolute Gasteiger partial charge is 0.508 e. The van der Waals surface area contributed by atoms with E-state index in [0.717, 1.165) is 38.9 Å². The van der Waals surface area contributed by atoms with Gasteiger partial charge in [-0.3, -0.25) is 44.1 Å². The average Bonchev–Trinajstić information content (AvgIpc) is 4.06. The van der Waals surface area contributed by atoms with E-state index in [2.05, 4.69) is 58.5 Å². The number of amides is 4. The first-order chi connectivity index (χ1) is 32.4. The summed E-state index contributed by atoms with van der Waals surface area (Å²) < 4.78 is 18.7. The molecule has 4 aromatic rings. The Hall–Kier alpha value is -6.37. The predicted octanol–water partition coefficient (Wildman–Crippen LogP) is 3.35. The van der Waals surface area contributed by atoms with Crippen LogP contribution in [0.15, 0.2) is 54.9 Å². The van der Waals surface area contributed by atoms with Crippen LogP contribution >= 0.6 is 0 Å². The second kappa shape index (κ2) is 20.5. The van der Waals surface area contributed by atoms with Gasteiger partial charge in [0.2, 0.25) is 17.7 Å². The van der Waals surface area contributed by atoms with Crippen molar-refractivity contribution in [3.05, 3.63) is 71.5 Å². The van der Waals surface area contributed by atoms with Gasteiger partial charge in [0.1, 0.15) is 36.0 Å². The summed E-state index contributed by atoms with van der Waals surface area (Å²) in [4.78, 5) is 88.7. The standard InChI is InChI=1S/C50H64N8O10/c1-10-57-39-14-13-30-22-34(39)35(44(57)36-24-51-16-15-31(36)26-66-8)23-50(4,5)27-68-48(64)37-12-11-17-58(54-37)46(62)38(20-29-18-32(30)21-33(59)19-29)52-45(61)43(28(2)3)56(7)40(60)25-55(6)47(63)41-42(53-41)49(65)67-9/h13-16,18-19,21-22,24,28,37-38,41-43,53-54,59H,10-12,17,20,23,25-27H2,1-9H3,(H,52,61)/t37-,38-,41+,42+,43-/m0/s1. The van der Waals surface area contributed by atoms with Crippen molar-refractivity contribution in [2.45, 2.75) is 104 Å². The zero-order chi connectivity index (χ0) is 49.2. The van der Waals surface area contributed by atoms with Gasteiger partial charge in [0, 0.05) is 75.0 Å². The van der Waals surface area contributed by atoms with Crippen molar-refractivity contribution in [2.75, 3.05) is 48.0 Å². The Bertz CT molecular complexity index is 2590. The van der Waals surface area contributed by atoms with Crippen molar-refractivity contribution < 1.29 is 48.1 Å². The number of fused-ring (bicyclic) bond motifs is 6. The van der Waals surface area contributed by atoms with E-state index in [1.807, 2.05) is 24.4 Å². The van der Waals surface area contributed by atoms with Gasteiger partial charge in [0.25, 0.3) is 5.91 Å². The number of aryl methyl sites for hydroxylation is 1. The highest BCUT2D eigenvalue weighted by molar-refractivity contribution is 5.98. The molecule has 18 nitrogen and oxygen atoms in total. The zero-order valence-corrected chi connectivity index (χ0v) is 40.4. The smallest absolute Gasteiger partial charge is 0.325 e. The number of hydrogen-bond donors (Lipinski definition) is 4. The van der Waals surface area contributed by atoms with Gasteiger partial charge >= 0.3 is 11.9 Å². The van der Waals surface area contributed by atoms with E-state index in [9.17, 15) is 33.9 Å². The van der Waals surface area contributed by atoms with Crippen LogP contribution in [0.1, 0.15) is 64.2 Å². The van der Waals surface area contributed by atoms with Crippen molar-refractivity contribution >= 4 is 46.5 Å². The van der Waals surface area contributed by atoms with Crippen LogP contribution in [0, 0.1) is 11.3 Å². The number of hydrogen-bond acceptors (Lipinski definition) is 13. The highest BCUT2D eigenvalue weighted by Crippen LogP contribution is 2.41. The Balaban J connectivity index is 1.26. The van der Waals surface area contributed by atoms with E-state index >= 15 is 0 Å². The Morgan fingerprint density at radius 2 is 1.81 bits per heavy atom. The number of carbonyl (C=O) groups is 6. The number of methoxy groups -OCH3 is 2. The van der Waals surface area contributed by atoms with Gasteiger partial charge in [0.05, 0.1) is 32.6 Å². The Kier molecular flexibility index (Phi) is 14.9. The molecule has 3 aliphatic rings. The van der Waals surface area contributed by atoms with Gasteiger partial charge in [-0.05, 0) is 90.3 Å². The van der Waals surface area contributed by atoms with Crippen LogP contribution in [-0.4, -0.2) is 143 Å². The number of esters is 2. The molecule has 0 aliphatic carbocycles. The van der Waals surface area contributed by atoms with Gasteiger partial charge in [-0.1, -0.05) is 39.8 Å². The summed E-state index contributed by atoms with van der Waals surface area (Å²) in [5.41, 5.74) is 9.49. The Morgan fingerprint density at radius 3 is 2.51 bits per heavy atom. The summed E-state index contributed by atoms with van der Waals surface area (Å²) in [6.45, 7) is 10.7. The normalized spacial score (nSPS) is 20.8. The van der Waals surface area contributed by atoms with Gasteiger partial charge in [-0.15, -0.1) is 0 Å². The van der Waals surface area contributed by atoms with Crippen LogP contribution in [0.4, 0.5) is 0 Å². The first-order valence-electron chi connectivity index (χ1n) is 23.2. The quantitative estimate of drug-likeness (QED) is 0.118. The predicted molar refractivity (Wildman–Crippen MR) is 252 cm³/mol. The molecule has 3 aliphatic heterocycles. The second-order valence-corrected chi connectivity index (χ2v) is 19.2. The molecule has 364 valence electrons. The third-order valence-corrected chi connectivity index (χ3v) is 13.1. The molecule has 0 unspecified atom stereocenters. The van der Waals surface area contributed by atoms with Crippen molar-refractivity contribution in [1.82, 2.24) is 40.4 Å². The molecular formula is C50H64N8O10. The molecule has 2 saturated heterocycles. The van der Waals surface area contributed by atoms with Crippen LogP contribution in [-0.2, 0) is 69.0 Å². The number of rotatable bonds is 12. The number of aromatic nitrogens is 2. The second-order valence-electron chi connectivity index (χ2n) is 19.2. The molecule has 7 rings (SSSR count). The number of cyclic esters (lactones) is 1. The Morgan fingerprint density at radius 1 is 1.04 bits per heavy atom. The number of aromatic hydroxyl groups is 1. The fourth-order valence-corrected chi connectivity index (χ4v) is 9.58. The number of likely N-dealkylation sites (N-methyl/N-ethyl adjacent to an activating group) is 2. The number of pyridine rings is 1. The van der Waals surface area contributed by atoms with Crippen LogP contribution < -0.4 is 16.1 Å².